The highest BCUT2D eigenvalue weighted by atomic mass is 79.9. The fourth-order valence-electron chi connectivity index (χ4n) is 2.13. The molecule has 0 aromatic heterocycles. The Kier molecular flexibility index (Phi) is 6.27. The van der Waals surface area contributed by atoms with Gasteiger partial charge in [-0.05, 0) is 43.4 Å². The molecule has 0 atom stereocenters. The Hall–Kier alpha value is -1.06. The lowest BCUT2D eigenvalue weighted by atomic mass is 9.85. The molecule has 4 heteroatoms. The molecule has 1 aromatic rings. The van der Waals surface area contributed by atoms with Gasteiger partial charge < -0.3 is 4.74 Å². The molecule has 1 aliphatic carbocycles. The first-order valence-electron chi connectivity index (χ1n) is 7.28. The van der Waals surface area contributed by atoms with Crippen LogP contribution in [0.15, 0.2) is 52.0 Å². The maximum absolute atomic E-state index is 14.0. The fraction of sp³-hybridized carbons (Fsp3) is 0.333. The number of allylic oxidation sites excluding steroid dienone is 3. The molecule has 0 bridgehead atoms. The smallest absolute Gasteiger partial charge is 0.168 e. The van der Waals surface area contributed by atoms with Gasteiger partial charge in [-0.15, -0.1) is 0 Å². The molecule has 0 saturated heterocycles. The van der Waals surface area contributed by atoms with Crippen molar-refractivity contribution in [3.8, 4) is 5.75 Å². The van der Waals surface area contributed by atoms with E-state index >= 15 is 0 Å². The SMILES string of the molecule is C=C(Cl)/C(=C\C=C\C1CCC1)COc1cc(Br)cc(C)c1F. The van der Waals surface area contributed by atoms with E-state index in [0.717, 1.165) is 10.0 Å². The molecule has 0 unspecified atom stereocenters. The summed E-state index contributed by atoms with van der Waals surface area (Å²) in [7, 11) is 0. The second kappa shape index (κ2) is 7.98. The van der Waals surface area contributed by atoms with Gasteiger partial charge in [0.15, 0.2) is 11.6 Å². The van der Waals surface area contributed by atoms with Crippen molar-refractivity contribution in [3.63, 3.8) is 0 Å². The van der Waals surface area contributed by atoms with Crippen LogP contribution >= 0.6 is 27.5 Å². The highest BCUT2D eigenvalue weighted by molar-refractivity contribution is 9.10. The molecule has 1 nitrogen and oxygen atoms in total. The molecule has 1 aromatic carbocycles. The summed E-state index contributed by atoms with van der Waals surface area (Å²) < 4.78 is 20.4. The minimum atomic E-state index is -0.354. The van der Waals surface area contributed by atoms with E-state index in [2.05, 4.69) is 28.6 Å². The second-order valence-corrected chi connectivity index (χ2v) is 6.87. The van der Waals surface area contributed by atoms with Crippen LogP contribution in [0.3, 0.4) is 0 Å². The van der Waals surface area contributed by atoms with Crippen molar-refractivity contribution in [2.24, 2.45) is 5.92 Å². The van der Waals surface area contributed by atoms with Crippen molar-refractivity contribution >= 4 is 27.5 Å². The molecule has 1 aliphatic rings. The van der Waals surface area contributed by atoms with Crippen LogP contribution in [0.2, 0.25) is 0 Å². The first-order valence-corrected chi connectivity index (χ1v) is 8.45. The zero-order valence-corrected chi connectivity index (χ0v) is 14.9. The van der Waals surface area contributed by atoms with Crippen LogP contribution in [0, 0.1) is 18.7 Å². The fourth-order valence-corrected chi connectivity index (χ4v) is 2.80. The van der Waals surface area contributed by atoms with Crippen molar-refractivity contribution in [1.29, 1.82) is 0 Å². The monoisotopic (exact) mass is 384 g/mol. The number of hydrogen-bond acceptors (Lipinski definition) is 1. The minimum absolute atomic E-state index is 0.185. The van der Waals surface area contributed by atoms with Gasteiger partial charge in [0.1, 0.15) is 6.61 Å². The average Bonchev–Trinajstić information content (AvgIpc) is 2.40. The van der Waals surface area contributed by atoms with Crippen LogP contribution in [0.1, 0.15) is 24.8 Å². The Morgan fingerprint density at radius 2 is 2.23 bits per heavy atom. The van der Waals surface area contributed by atoms with E-state index in [1.165, 1.54) is 19.3 Å². The Morgan fingerprint density at radius 1 is 1.50 bits per heavy atom. The molecule has 1 fully saturated rings. The number of benzene rings is 1. The van der Waals surface area contributed by atoms with Gasteiger partial charge in [-0.2, -0.15) is 0 Å². The number of halogens is 3. The van der Waals surface area contributed by atoms with E-state index in [4.69, 9.17) is 16.3 Å². The van der Waals surface area contributed by atoms with Crippen LogP contribution in [0.25, 0.3) is 0 Å². The van der Waals surface area contributed by atoms with Gasteiger partial charge in [-0.25, -0.2) is 4.39 Å². The summed E-state index contributed by atoms with van der Waals surface area (Å²) in [4.78, 5) is 0. The van der Waals surface area contributed by atoms with Crippen LogP contribution in [-0.2, 0) is 0 Å². The van der Waals surface area contributed by atoms with Crippen molar-refractivity contribution in [1.82, 2.24) is 0 Å². The number of rotatable bonds is 6. The molecule has 2 rings (SSSR count). The first kappa shape index (κ1) is 17.3. The second-order valence-electron chi connectivity index (χ2n) is 5.50. The van der Waals surface area contributed by atoms with Crippen molar-refractivity contribution in [2.75, 3.05) is 6.61 Å². The lowest BCUT2D eigenvalue weighted by Crippen LogP contribution is -2.07. The lowest BCUT2D eigenvalue weighted by molar-refractivity contribution is 0.333. The van der Waals surface area contributed by atoms with Crippen LogP contribution in [0.4, 0.5) is 4.39 Å². The number of hydrogen-bond donors (Lipinski definition) is 0. The molecule has 0 amide bonds. The van der Waals surface area contributed by atoms with Gasteiger partial charge in [0.2, 0.25) is 0 Å². The molecule has 0 radical (unpaired) electrons. The molecule has 0 N–H and O–H groups in total. The predicted molar refractivity (Wildman–Crippen MR) is 93.9 cm³/mol. The van der Waals surface area contributed by atoms with Crippen LogP contribution in [0.5, 0.6) is 5.75 Å². The third-order valence-electron chi connectivity index (χ3n) is 3.75. The summed E-state index contributed by atoms with van der Waals surface area (Å²) in [5, 5.41) is 0.408. The summed E-state index contributed by atoms with van der Waals surface area (Å²) in [6.45, 7) is 5.62. The average molecular weight is 386 g/mol. The van der Waals surface area contributed by atoms with E-state index in [1.54, 1.807) is 19.1 Å². The molecular weight excluding hydrogens is 367 g/mol. The third kappa shape index (κ3) is 4.72. The summed E-state index contributed by atoms with van der Waals surface area (Å²) >= 11 is 9.34. The topological polar surface area (TPSA) is 9.23 Å². The number of aryl methyl sites for hydroxylation is 1. The van der Waals surface area contributed by atoms with Gasteiger partial charge >= 0.3 is 0 Å². The summed E-state index contributed by atoms with van der Waals surface area (Å²) in [5.41, 5.74) is 1.28. The molecule has 22 heavy (non-hydrogen) atoms. The lowest BCUT2D eigenvalue weighted by Gasteiger charge is -2.21. The third-order valence-corrected chi connectivity index (χ3v) is 4.45. The highest BCUT2D eigenvalue weighted by Crippen LogP contribution is 2.28. The Labute approximate surface area is 144 Å². The summed E-state index contributed by atoms with van der Waals surface area (Å²) in [5.74, 6) is 0.526. The Bertz CT molecular complexity index is 618. The van der Waals surface area contributed by atoms with E-state index in [9.17, 15) is 4.39 Å². The standard InChI is InChI=1S/C18H19BrClFO/c1-12-9-16(19)10-17(18(12)21)22-11-15(13(2)20)8-4-7-14-5-3-6-14/h4,7-10,14H,2-3,5-6,11H2,1H3/b7-4+,15-8-. The molecule has 1 saturated carbocycles. The van der Waals surface area contributed by atoms with Crippen molar-refractivity contribution in [3.05, 3.63) is 63.4 Å². The zero-order chi connectivity index (χ0) is 16.1. The van der Waals surface area contributed by atoms with Gasteiger partial charge in [-0.3, -0.25) is 0 Å². The van der Waals surface area contributed by atoms with Crippen molar-refractivity contribution < 1.29 is 9.13 Å². The van der Waals surface area contributed by atoms with E-state index in [-0.39, 0.29) is 18.2 Å². The minimum Gasteiger partial charge on any atom is -0.486 e. The Balaban J connectivity index is 2.04. The Morgan fingerprint density at radius 3 is 2.82 bits per heavy atom. The molecule has 0 heterocycles. The van der Waals surface area contributed by atoms with Crippen LogP contribution in [-0.4, -0.2) is 6.61 Å². The van der Waals surface area contributed by atoms with Crippen molar-refractivity contribution in [2.45, 2.75) is 26.2 Å². The van der Waals surface area contributed by atoms with E-state index in [0.29, 0.717) is 16.5 Å². The van der Waals surface area contributed by atoms with E-state index in [1.807, 2.05) is 12.2 Å². The maximum Gasteiger partial charge on any atom is 0.168 e. The largest absolute Gasteiger partial charge is 0.486 e. The molecular formula is C18H19BrClFO. The zero-order valence-electron chi connectivity index (χ0n) is 12.5. The van der Waals surface area contributed by atoms with Gasteiger partial charge in [0.25, 0.3) is 0 Å². The summed E-state index contributed by atoms with van der Waals surface area (Å²) in [6, 6.07) is 3.32. The van der Waals surface area contributed by atoms with Crippen LogP contribution < -0.4 is 4.74 Å². The van der Waals surface area contributed by atoms with Gasteiger partial charge in [0.05, 0.1) is 0 Å². The molecule has 0 aliphatic heterocycles. The maximum atomic E-state index is 14.0. The van der Waals surface area contributed by atoms with Gasteiger partial charge in [0, 0.05) is 15.1 Å². The quantitative estimate of drug-likeness (QED) is 0.521. The van der Waals surface area contributed by atoms with Gasteiger partial charge in [-0.1, -0.05) is 58.8 Å². The predicted octanol–water partition coefficient (Wildman–Crippen LogP) is 6.31. The highest BCUT2D eigenvalue weighted by Gasteiger charge is 2.13. The molecule has 0 spiro atoms. The molecule has 118 valence electrons. The number of ether oxygens (including phenoxy) is 1. The first-order chi connectivity index (χ1) is 10.5. The summed E-state index contributed by atoms with van der Waals surface area (Å²) in [6.07, 6.45) is 9.85. The van der Waals surface area contributed by atoms with E-state index < -0.39 is 0 Å². The normalized spacial score (nSPS) is 15.9.